The Morgan fingerprint density at radius 2 is 1.83 bits per heavy atom. The molecule has 1 N–H and O–H groups in total. The van der Waals surface area contributed by atoms with E-state index in [-0.39, 0.29) is 0 Å². The van der Waals surface area contributed by atoms with Gasteiger partial charge in [-0.2, -0.15) is 5.10 Å². The second-order valence-electron chi connectivity index (χ2n) is 6.28. The Labute approximate surface area is 153 Å². The molecule has 0 amide bonds. The first-order valence-electron chi connectivity index (χ1n) is 8.53. The largest absolute Gasteiger partial charge is 0.278 e. The molecule has 1 saturated carbocycles. The van der Waals surface area contributed by atoms with Gasteiger partial charge >= 0.3 is 0 Å². The molecule has 0 unspecified atom stereocenters. The van der Waals surface area contributed by atoms with E-state index in [2.05, 4.69) is 34.8 Å². The summed E-state index contributed by atoms with van der Waals surface area (Å²) in [6.07, 6.45) is 8.73. The Bertz CT molecular complexity index is 691. The Morgan fingerprint density at radius 3 is 2.54 bits per heavy atom. The van der Waals surface area contributed by atoms with Crippen molar-refractivity contribution in [3.8, 4) is 0 Å². The molecule has 0 saturated heterocycles. The summed E-state index contributed by atoms with van der Waals surface area (Å²) in [5.74, 6) is 0. The number of hydrogen-bond acceptors (Lipinski definition) is 3. The SMILES string of the molecule is Cc1ccc(NN=Cc2ccc(SC3CCCCC3)cc2)cc1Cl. The van der Waals surface area contributed by atoms with Crippen molar-refractivity contribution in [3.05, 3.63) is 58.6 Å². The van der Waals surface area contributed by atoms with Gasteiger partial charge < -0.3 is 0 Å². The van der Waals surface area contributed by atoms with Crippen LogP contribution in [0.4, 0.5) is 5.69 Å². The molecular formula is C20H23ClN2S. The van der Waals surface area contributed by atoms with E-state index in [1.54, 1.807) is 0 Å². The molecule has 2 aromatic carbocycles. The van der Waals surface area contributed by atoms with Crippen molar-refractivity contribution in [1.29, 1.82) is 0 Å². The number of hydrogen-bond donors (Lipinski definition) is 1. The maximum Gasteiger partial charge on any atom is 0.0576 e. The van der Waals surface area contributed by atoms with Crippen LogP contribution in [0.2, 0.25) is 5.02 Å². The van der Waals surface area contributed by atoms with Crippen LogP contribution in [0.1, 0.15) is 43.2 Å². The fraction of sp³-hybridized carbons (Fsp3) is 0.350. The van der Waals surface area contributed by atoms with E-state index in [1.165, 1.54) is 37.0 Å². The lowest BCUT2D eigenvalue weighted by atomic mass is 10.0. The molecule has 126 valence electrons. The number of nitrogens with one attached hydrogen (secondary N) is 1. The summed E-state index contributed by atoms with van der Waals surface area (Å²) in [5, 5.41) is 5.83. The molecule has 0 aliphatic heterocycles. The zero-order chi connectivity index (χ0) is 16.8. The second-order valence-corrected chi connectivity index (χ2v) is 8.06. The van der Waals surface area contributed by atoms with Gasteiger partial charge in [-0.25, -0.2) is 0 Å². The first-order chi connectivity index (χ1) is 11.7. The van der Waals surface area contributed by atoms with Gasteiger partial charge in [0.05, 0.1) is 11.9 Å². The van der Waals surface area contributed by atoms with Gasteiger partial charge in [0.25, 0.3) is 0 Å². The zero-order valence-electron chi connectivity index (χ0n) is 14.0. The average Bonchev–Trinajstić information content (AvgIpc) is 2.60. The van der Waals surface area contributed by atoms with E-state index in [0.29, 0.717) is 0 Å². The van der Waals surface area contributed by atoms with Crippen molar-refractivity contribution < 1.29 is 0 Å². The Hall–Kier alpha value is -1.45. The molecule has 1 aliphatic carbocycles. The van der Waals surface area contributed by atoms with Gasteiger partial charge in [-0.3, -0.25) is 5.43 Å². The molecule has 0 atom stereocenters. The lowest BCUT2D eigenvalue weighted by Gasteiger charge is -2.20. The third-order valence-corrected chi connectivity index (χ3v) is 6.07. The van der Waals surface area contributed by atoms with Gasteiger partial charge in [-0.15, -0.1) is 11.8 Å². The van der Waals surface area contributed by atoms with Crippen LogP contribution in [0.3, 0.4) is 0 Å². The van der Waals surface area contributed by atoms with Crippen molar-refractivity contribution >= 4 is 35.3 Å². The van der Waals surface area contributed by atoms with E-state index in [0.717, 1.165) is 27.1 Å². The molecular weight excluding hydrogens is 336 g/mol. The fourth-order valence-electron chi connectivity index (χ4n) is 2.85. The summed E-state index contributed by atoms with van der Waals surface area (Å²) in [7, 11) is 0. The zero-order valence-corrected chi connectivity index (χ0v) is 15.5. The fourth-order valence-corrected chi connectivity index (χ4v) is 4.28. The topological polar surface area (TPSA) is 24.4 Å². The summed E-state index contributed by atoms with van der Waals surface area (Å²) < 4.78 is 0. The van der Waals surface area contributed by atoms with Gasteiger partial charge in [-0.1, -0.05) is 49.1 Å². The highest BCUT2D eigenvalue weighted by Crippen LogP contribution is 2.33. The van der Waals surface area contributed by atoms with Crippen LogP contribution < -0.4 is 5.43 Å². The van der Waals surface area contributed by atoms with Crippen LogP contribution in [0.25, 0.3) is 0 Å². The van der Waals surface area contributed by atoms with E-state index in [4.69, 9.17) is 11.6 Å². The third kappa shape index (κ3) is 5.02. The molecule has 0 aromatic heterocycles. The summed E-state index contributed by atoms with van der Waals surface area (Å²) in [6.45, 7) is 1.99. The second kappa shape index (κ2) is 8.59. The highest BCUT2D eigenvalue weighted by Gasteiger charge is 2.14. The Kier molecular flexibility index (Phi) is 6.22. The van der Waals surface area contributed by atoms with Gasteiger partial charge in [0.2, 0.25) is 0 Å². The van der Waals surface area contributed by atoms with Crippen molar-refractivity contribution in [2.45, 2.75) is 49.2 Å². The van der Waals surface area contributed by atoms with Crippen LogP contribution in [0.5, 0.6) is 0 Å². The number of aryl methyl sites for hydroxylation is 1. The summed E-state index contributed by atoms with van der Waals surface area (Å²) in [4.78, 5) is 1.36. The predicted molar refractivity (Wildman–Crippen MR) is 107 cm³/mol. The Morgan fingerprint density at radius 1 is 1.08 bits per heavy atom. The van der Waals surface area contributed by atoms with Crippen LogP contribution in [0, 0.1) is 6.92 Å². The number of anilines is 1. The van der Waals surface area contributed by atoms with E-state index < -0.39 is 0 Å². The Balaban J connectivity index is 1.54. The number of benzene rings is 2. The standard InChI is InChI=1S/C20H23ClN2S/c1-15-7-10-17(13-20(15)21)23-22-14-16-8-11-19(12-9-16)24-18-5-3-2-4-6-18/h7-14,18,23H,2-6H2,1H3. The molecule has 1 fully saturated rings. The van der Waals surface area contributed by atoms with Crippen LogP contribution >= 0.6 is 23.4 Å². The lowest BCUT2D eigenvalue weighted by molar-refractivity contribution is 0.516. The molecule has 0 radical (unpaired) electrons. The lowest BCUT2D eigenvalue weighted by Crippen LogP contribution is -2.07. The predicted octanol–water partition coefficient (Wildman–Crippen LogP) is 6.52. The normalized spacial score (nSPS) is 15.8. The molecule has 3 rings (SSSR count). The minimum Gasteiger partial charge on any atom is -0.278 e. The van der Waals surface area contributed by atoms with Crippen LogP contribution in [0.15, 0.2) is 52.5 Å². The molecule has 24 heavy (non-hydrogen) atoms. The van der Waals surface area contributed by atoms with Gasteiger partial charge in [-0.05, 0) is 55.2 Å². The minimum atomic E-state index is 0.749. The van der Waals surface area contributed by atoms with E-state index >= 15 is 0 Å². The molecule has 1 aliphatic rings. The highest BCUT2D eigenvalue weighted by atomic mass is 35.5. The molecule has 0 spiro atoms. The third-order valence-electron chi connectivity index (χ3n) is 4.31. The number of nitrogens with zero attached hydrogens (tertiary/aromatic N) is 1. The maximum absolute atomic E-state index is 6.11. The smallest absolute Gasteiger partial charge is 0.0576 e. The van der Waals surface area contributed by atoms with E-state index in [9.17, 15) is 0 Å². The minimum absolute atomic E-state index is 0.749. The summed E-state index contributed by atoms with van der Waals surface area (Å²) >= 11 is 8.14. The molecule has 0 heterocycles. The van der Waals surface area contributed by atoms with Crippen LogP contribution in [-0.4, -0.2) is 11.5 Å². The van der Waals surface area contributed by atoms with Crippen LogP contribution in [-0.2, 0) is 0 Å². The number of rotatable bonds is 5. The number of thioether (sulfide) groups is 1. The highest BCUT2D eigenvalue weighted by molar-refractivity contribution is 8.00. The first kappa shape index (κ1) is 17.4. The number of halogens is 1. The van der Waals surface area contributed by atoms with Crippen molar-refractivity contribution in [2.24, 2.45) is 5.10 Å². The number of hydrazone groups is 1. The summed E-state index contributed by atoms with van der Waals surface area (Å²) in [6, 6.07) is 14.5. The van der Waals surface area contributed by atoms with Gasteiger partial charge in [0.15, 0.2) is 0 Å². The monoisotopic (exact) mass is 358 g/mol. The van der Waals surface area contributed by atoms with Gasteiger partial charge in [0.1, 0.15) is 0 Å². The molecule has 0 bridgehead atoms. The van der Waals surface area contributed by atoms with Gasteiger partial charge in [0, 0.05) is 15.2 Å². The molecule has 2 nitrogen and oxygen atoms in total. The van der Waals surface area contributed by atoms with Crippen molar-refractivity contribution in [1.82, 2.24) is 0 Å². The van der Waals surface area contributed by atoms with E-state index in [1.807, 2.05) is 43.1 Å². The molecule has 4 heteroatoms. The van der Waals surface area contributed by atoms with Crippen molar-refractivity contribution in [2.75, 3.05) is 5.43 Å². The molecule has 2 aromatic rings. The average molecular weight is 359 g/mol. The maximum atomic E-state index is 6.11. The first-order valence-corrected chi connectivity index (χ1v) is 9.78. The summed E-state index contributed by atoms with van der Waals surface area (Å²) in [5.41, 5.74) is 6.07. The van der Waals surface area contributed by atoms with Crippen molar-refractivity contribution in [3.63, 3.8) is 0 Å². The quantitative estimate of drug-likeness (QED) is 0.486.